The molecule has 0 radical (unpaired) electrons. The zero-order valence-corrected chi connectivity index (χ0v) is 11.6. The first-order valence-corrected chi connectivity index (χ1v) is 6.14. The summed E-state index contributed by atoms with van der Waals surface area (Å²) in [5.41, 5.74) is 0.734. The Morgan fingerprint density at radius 1 is 1.43 bits per heavy atom. The summed E-state index contributed by atoms with van der Waals surface area (Å²) >= 11 is 0. The van der Waals surface area contributed by atoms with Gasteiger partial charge in [0, 0.05) is 18.0 Å². The Hall–Kier alpha value is -3.07. The van der Waals surface area contributed by atoms with Crippen LogP contribution in [0, 0.1) is 18.3 Å². The third-order valence-corrected chi connectivity index (χ3v) is 2.91. The Bertz CT molecular complexity index is 787. The molecule has 0 aliphatic carbocycles. The topological polar surface area (TPSA) is 95.0 Å². The van der Waals surface area contributed by atoms with E-state index < -0.39 is 11.3 Å². The van der Waals surface area contributed by atoms with Crippen molar-refractivity contribution in [2.24, 2.45) is 0 Å². The number of nitrogens with one attached hydrogen (secondary N) is 2. The van der Waals surface area contributed by atoms with E-state index in [0.717, 1.165) is 0 Å². The van der Waals surface area contributed by atoms with Crippen LogP contribution in [0.4, 0.5) is 5.69 Å². The third-order valence-electron chi connectivity index (χ3n) is 2.91. The molecule has 1 aromatic heterocycles. The first-order valence-electron chi connectivity index (χ1n) is 6.14. The molecule has 0 bridgehead atoms. The summed E-state index contributed by atoms with van der Waals surface area (Å²) in [7, 11) is 1.44. The number of nitrogens with zero attached hydrogens (tertiary/aromatic N) is 1. The predicted molar refractivity (Wildman–Crippen MR) is 77.5 cm³/mol. The molecule has 0 fully saturated rings. The van der Waals surface area contributed by atoms with E-state index >= 15 is 0 Å². The van der Waals surface area contributed by atoms with E-state index in [9.17, 15) is 9.59 Å². The Morgan fingerprint density at radius 2 is 2.19 bits per heavy atom. The SMILES string of the molecule is COc1cccc(C#N)c1NC(=O)c1c[nH]c(C)cc1=O. The van der Waals surface area contributed by atoms with E-state index in [2.05, 4.69) is 10.3 Å². The Labute approximate surface area is 121 Å². The summed E-state index contributed by atoms with van der Waals surface area (Å²) in [6.45, 7) is 1.72. The number of amides is 1. The van der Waals surface area contributed by atoms with Gasteiger partial charge in [0.15, 0.2) is 5.43 Å². The van der Waals surface area contributed by atoms with Gasteiger partial charge in [0.05, 0.1) is 12.7 Å². The monoisotopic (exact) mass is 283 g/mol. The number of aryl methyl sites for hydroxylation is 1. The van der Waals surface area contributed by atoms with Crippen molar-refractivity contribution in [2.45, 2.75) is 6.92 Å². The van der Waals surface area contributed by atoms with Crippen molar-refractivity contribution >= 4 is 11.6 Å². The number of aromatic amines is 1. The van der Waals surface area contributed by atoms with Crippen LogP contribution < -0.4 is 15.5 Å². The molecule has 6 nitrogen and oxygen atoms in total. The first-order chi connectivity index (χ1) is 10.1. The number of ether oxygens (including phenoxy) is 1. The van der Waals surface area contributed by atoms with Gasteiger partial charge in [-0.1, -0.05) is 6.07 Å². The minimum absolute atomic E-state index is 0.0320. The molecule has 6 heteroatoms. The van der Waals surface area contributed by atoms with Gasteiger partial charge in [-0.15, -0.1) is 0 Å². The van der Waals surface area contributed by atoms with E-state index in [4.69, 9.17) is 10.00 Å². The molecule has 1 heterocycles. The molecule has 21 heavy (non-hydrogen) atoms. The lowest BCUT2D eigenvalue weighted by molar-refractivity contribution is 0.102. The minimum Gasteiger partial charge on any atom is -0.495 e. The molecule has 2 N–H and O–H groups in total. The zero-order valence-electron chi connectivity index (χ0n) is 11.6. The van der Waals surface area contributed by atoms with E-state index in [1.807, 2.05) is 6.07 Å². The van der Waals surface area contributed by atoms with Crippen molar-refractivity contribution in [3.8, 4) is 11.8 Å². The van der Waals surface area contributed by atoms with Gasteiger partial charge in [-0.2, -0.15) is 5.26 Å². The number of para-hydroxylation sites is 1. The van der Waals surface area contributed by atoms with Crippen molar-refractivity contribution in [2.75, 3.05) is 12.4 Å². The normalized spacial score (nSPS) is 9.76. The molecule has 0 aliphatic heterocycles. The lowest BCUT2D eigenvalue weighted by Gasteiger charge is -2.11. The van der Waals surface area contributed by atoms with Crippen LogP contribution in [0.15, 0.2) is 35.3 Å². The lowest BCUT2D eigenvalue weighted by atomic mass is 10.1. The number of carbonyl (C=O) groups excluding carboxylic acids is 1. The highest BCUT2D eigenvalue weighted by molar-refractivity contribution is 6.05. The maximum absolute atomic E-state index is 12.2. The second-order valence-corrected chi connectivity index (χ2v) is 4.34. The van der Waals surface area contributed by atoms with Crippen molar-refractivity contribution in [3.63, 3.8) is 0 Å². The summed E-state index contributed by atoms with van der Waals surface area (Å²) < 4.78 is 5.12. The summed E-state index contributed by atoms with van der Waals surface area (Å²) in [5, 5.41) is 11.6. The van der Waals surface area contributed by atoms with E-state index in [1.54, 1.807) is 25.1 Å². The Kier molecular flexibility index (Phi) is 4.05. The summed E-state index contributed by atoms with van der Waals surface area (Å²) in [5.74, 6) is -0.247. The van der Waals surface area contributed by atoms with Crippen LogP contribution >= 0.6 is 0 Å². The average molecular weight is 283 g/mol. The van der Waals surface area contributed by atoms with Gasteiger partial charge in [0.25, 0.3) is 5.91 Å². The molecule has 0 aliphatic rings. The van der Waals surface area contributed by atoms with Gasteiger partial charge < -0.3 is 15.0 Å². The van der Waals surface area contributed by atoms with Crippen LogP contribution in [0.25, 0.3) is 0 Å². The number of anilines is 1. The van der Waals surface area contributed by atoms with Gasteiger partial charge in [-0.05, 0) is 19.1 Å². The van der Waals surface area contributed by atoms with Crippen LogP contribution in [-0.4, -0.2) is 18.0 Å². The first kappa shape index (κ1) is 14.3. The smallest absolute Gasteiger partial charge is 0.261 e. The van der Waals surface area contributed by atoms with E-state index in [1.165, 1.54) is 19.4 Å². The van der Waals surface area contributed by atoms with Crippen LogP contribution in [0.1, 0.15) is 21.6 Å². The van der Waals surface area contributed by atoms with Crippen molar-refractivity contribution in [1.29, 1.82) is 5.26 Å². The maximum Gasteiger partial charge on any atom is 0.261 e. The summed E-state index contributed by atoms with van der Waals surface area (Å²) in [6.07, 6.45) is 1.34. The molecule has 0 atom stereocenters. The standard InChI is InChI=1S/C15H13N3O3/c1-9-6-12(19)11(8-17-9)15(20)18-14-10(7-16)4-3-5-13(14)21-2/h3-6,8H,1-2H3,(H,17,19)(H,18,20). The molecule has 0 saturated heterocycles. The van der Waals surface area contributed by atoms with Crippen molar-refractivity contribution < 1.29 is 9.53 Å². The highest BCUT2D eigenvalue weighted by atomic mass is 16.5. The number of nitriles is 1. The zero-order chi connectivity index (χ0) is 15.4. The molecule has 1 aromatic carbocycles. The summed E-state index contributed by atoms with van der Waals surface area (Å²) in [4.78, 5) is 26.8. The van der Waals surface area contributed by atoms with Crippen LogP contribution in [0.3, 0.4) is 0 Å². The number of H-pyrrole nitrogens is 1. The second kappa shape index (κ2) is 5.92. The molecule has 106 valence electrons. The molecule has 2 rings (SSSR count). The van der Waals surface area contributed by atoms with Crippen molar-refractivity contribution in [3.05, 3.63) is 57.5 Å². The second-order valence-electron chi connectivity index (χ2n) is 4.34. The van der Waals surface area contributed by atoms with Gasteiger partial charge >= 0.3 is 0 Å². The molecule has 2 aromatic rings. The fourth-order valence-corrected chi connectivity index (χ4v) is 1.85. The van der Waals surface area contributed by atoms with Gasteiger partial charge in [0.2, 0.25) is 0 Å². The highest BCUT2D eigenvalue weighted by Gasteiger charge is 2.15. The fraction of sp³-hybridized carbons (Fsp3) is 0.133. The number of methoxy groups -OCH3 is 1. The predicted octanol–water partition coefficient (Wildman–Crippen LogP) is 1.82. The Morgan fingerprint density at radius 3 is 2.81 bits per heavy atom. The molecular formula is C15H13N3O3. The third kappa shape index (κ3) is 2.92. The van der Waals surface area contributed by atoms with Crippen LogP contribution in [0.2, 0.25) is 0 Å². The van der Waals surface area contributed by atoms with Crippen LogP contribution in [-0.2, 0) is 0 Å². The minimum atomic E-state index is -0.600. The highest BCUT2D eigenvalue weighted by Crippen LogP contribution is 2.28. The Balaban J connectivity index is 2.41. The van der Waals surface area contributed by atoms with Gasteiger partial charge in [-0.3, -0.25) is 9.59 Å². The number of benzene rings is 1. The average Bonchev–Trinajstić information content (AvgIpc) is 2.47. The number of carbonyl (C=O) groups is 1. The number of aromatic nitrogens is 1. The number of hydrogen-bond acceptors (Lipinski definition) is 4. The number of hydrogen-bond donors (Lipinski definition) is 2. The lowest BCUT2D eigenvalue weighted by Crippen LogP contribution is -2.22. The molecule has 1 amide bonds. The van der Waals surface area contributed by atoms with E-state index in [0.29, 0.717) is 11.4 Å². The number of rotatable bonds is 3. The van der Waals surface area contributed by atoms with Gasteiger partial charge in [0.1, 0.15) is 23.1 Å². The molecular weight excluding hydrogens is 270 g/mol. The quantitative estimate of drug-likeness (QED) is 0.898. The number of pyridine rings is 1. The maximum atomic E-state index is 12.2. The van der Waals surface area contributed by atoms with Crippen LogP contribution in [0.5, 0.6) is 5.75 Å². The molecule has 0 unspecified atom stereocenters. The van der Waals surface area contributed by atoms with Crippen molar-refractivity contribution in [1.82, 2.24) is 4.98 Å². The molecule has 0 saturated carbocycles. The van der Waals surface area contributed by atoms with E-state index in [-0.39, 0.29) is 16.8 Å². The largest absolute Gasteiger partial charge is 0.495 e. The summed E-state index contributed by atoms with van der Waals surface area (Å²) in [6, 6.07) is 8.12. The fourth-order valence-electron chi connectivity index (χ4n) is 1.85. The van der Waals surface area contributed by atoms with Gasteiger partial charge in [-0.25, -0.2) is 0 Å². The molecule has 0 spiro atoms.